The number of nitrogens with one attached hydrogen (secondary N) is 3. The van der Waals surface area contributed by atoms with E-state index in [-0.39, 0.29) is 23.8 Å². The summed E-state index contributed by atoms with van der Waals surface area (Å²) in [7, 11) is 1.73. The van der Waals surface area contributed by atoms with Gasteiger partial charge in [-0.2, -0.15) is 0 Å². The number of likely N-dealkylation sites (N-methyl/N-ethyl adjacent to an activating group) is 1. The molecule has 0 radical (unpaired) electrons. The van der Waals surface area contributed by atoms with Gasteiger partial charge in [0.05, 0.1) is 6.04 Å². The Labute approximate surface area is 243 Å². The number of benzene rings is 2. The van der Waals surface area contributed by atoms with Gasteiger partial charge in [0.2, 0.25) is 11.8 Å². The summed E-state index contributed by atoms with van der Waals surface area (Å²) in [6.07, 6.45) is 7.08. The fraction of sp³-hybridized carbons (Fsp3) is 0.394. The van der Waals surface area contributed by atoms with Crippen molar-refractivity contribution in [2.75, 3.05) is 26.7 Å². The molecule has 0 spiro atoms. The van der Waals surface area contributed by atoms with Crippen LogP contribution in [0.2, 0.25) is 0 Å². The summed E-state index contributed by atoms with van der Waals surface area (Å²) in [5, 5.41) is 5.97. The van der Waals surface area contributed by atoms with E-state index in [0.717, 1.165) is 30.4 Å². The van der Waals surface area contributed by atoms with Gasteiger partial charge in [-0.05, 0) is 63.3 Å². The Kier molecular flexibility index (Phi) is 11.0. The van der Waals surface area contributed by atoms with E-state index in [0.29, 0.717) is 38.0 Å². The lowest BCUT2D eigenvalue weighted by molar-refractivity contribution is -0.378. The number of hydrogen-bond acceptors (Lipinski definition) is 4. The molecule has 0 unspecified atom stereocenters. The molecule has 0 bridgehead atoms. The molecule has 0 aliphatic carbocycles. The van der Waals surface area contributed by atoms with E-state index in [1.54, 1.807) is 26.4 Å². The first-order valence-corrected chi connectivity index (χ1v) is 14.6. The van der Waals surface area contributed by atoms with E-state index < -0.39 is 12.1 Å². The van der Waals surface area contributed by atoms with Crippen LogP contribution in [0, 0.1) is 0 Å². The van der Waals surface area contributed by atoms with Crippen LogP contribution in [0.5, 0.6) is 0 Å². The highest BCUT2D eigenvalue weighted by Crippen LogP contribution is 2.22. The van der Waals surface area contributed by atoms with Crippen molar-refractivity contribution >= 4 is 17.7 Å². The summed E-state index contributed by atoms with van der Waals surface area (Å²) >= 11 is 0. The van der Waals surface area contributed by atoms with Crippen LogP contribution in [0.1, 0.15) is 47.7 Å². The quantitative estimate of drug-likeness (QED) is 0.339. The van der Waals surface area contributed by atoms with Crippen molar-refractivity contribution in [2.24, 2.45) is 0 Å². The van der Waals surface area contributed by atoms with Crippen molar-refractivity contribution in [3.63, 3.8) is 0 Å². The first-order valence-electron chi connectivity index (χ1n) is 14.6. The Hall–Kier alpha value is -4.04. The molecule has 3 aromatic rings. The molecule has 2 heterocycles. The standard InChI is InChI=1S/C33H41N5O3/c1-25(34-2)31(39)36-30(18-17-26-11-5-3-6-12-26)33(41)38-21-10-16-29(38)24-37(22-19-27-13-7-4-8-14-27)32(40)28-15-9-20-35-23-28/h3-9,11-15,20,23,25,29-30,34H,10,16-19,21-22,24H2,1-2H3,(H,36,39)/p+1/t25-,29-,30-/m0/s1. The second-order valence-electron chi connectivity index (χ2n) is 10.7. The third-order valence-electron chi connectivity index (χ3n) is 7.85. The molecule has 3 amide bonds. The lowest BCUT2D eigenvalue weighted by Crippen LogP contribution is -2.55. The third-order valence-corrected chi connectivity index (χ3v) is 7.85. The number of hydrogen-bond donors (Lipinski definition) is 2. The highest BCUT2D eigenvalue weighted by molar-refractivity contribution is 5.94. The number of amides is 3. The largest absolute Gasteiger partial charge is 0.343 e. The molecule has 1 aliphatic rings. The first kappa shape index (κ1) is 29.9. The number of nitrogens with zero attached hydrogens (tertiary/aromatic N) is 2. The van der Waals surface area contributed by atoms with Crippen molar-refractivity contribution in [3.8, 4) is 0 Å². The lowest BCUT2D eigenvalue weighted by atomic mass is 10.0. The van der Waals surface area contributed by atoms with E-state index in [4.69, 9.17) is 0 Å². The minimum atomic E-state index is -0.642. The normalized spacial score (nSPS) is 16.1. The molecular formula is C33H42N5O3+. The summed E-state index contributed by atoms with van der Waals surface area (Å²) < 4.78 is 0. The van der Waals surface area contributed by atoms with Crippen LogP contribution in [0.3, 0.4) is 0 Å². The topological polar surface area (TPSA) is 95.9 Å². The fourth-order valence-electron chi connectivity index (χ4n) is 5.30. The van der Waals surface area contributed by atoms with Crippen molar-refractivity contribution in [3.05, 3.63) is 102 Å². The molecule has 41 heavy (non-hydrogen) atoms. The Bertz CT molecular complexity index is 1260. The van der Waals surface area contributed by atoms with Gasteiger partial charge in [-0.1, -0.05) is 60.7 Å². The van der Waals surface area contributed by atoms with Crippen LogP contribution in [-0.4, -0.2) is 72.3 Å². The van der Waals surface area contributed by atoms with Crippen LogP contribution < -0.4 is 15.6 Å². The van der Waals surface area contributed by atoms with Crippen LogP contribution in [0.25, 0.3) is 0 Å². The van der Waals surface area contributed by atoms with E-state index in [1.807, 2.05) is 70.5 Å². The summed E-state index contributed by atoms with van der Waals surface area (Å²) in [5.74, 6) is -0.341. The highest BCUT2D eigenvalue weighted by atomic mass is 16.2. The smallest absolute Gasteiger partial charge is 0.259 e. The zero-order chi connectivity index (χ0) is 29.0. The van der Waals surface area contributed by atoms with Gasteiger partial charge < -0.3 is 20.4 Å². The number of aromatic amines is 1. The lowest BCUT2D eigenvalue weighted by Gasteiger charge is -2.33. The number of H-pyrrole nitrogens is 1. The SMILES string of the molecule is CN[C@@H](C)C(=O)N[C@@H](CCc1ccccc1)C(=O)N1CCC[C@H]1CN(CCc1ccccc1)C(=O)c1ccc[nH+]c1. The minimum absolute atomic E-state index is 0.0612. The molecular weight excluding hydrogens is 514 g/mol. The summed E-state index contributed by atoms with van der Waals surface area (Å²) in [4.78, 5) is 47.2. The van der Waals surface area contributed by atoms with Crippen LogP contribution in [-0.2, 0) is 22.4 Å². The van der Waals surface area contributed by atoms with Gasteiger partial charge in [-0.3, -0.25) is 14.4 Å². The van der Waals surface area contributed by atoms with Gasteiger partial charge in [0, 0.05) is 31.7 Å². The average molecular weight is 557 g/mol. The van der Waals surface area contributed by atoms with E-state index in [1.165, 1.54) is 0 Å². The molecule has 3 atom stereocenters. The Morgan fingerprint density at radius 2 is 1.66 bits per heavy atom. The second kappa shape index (κ2) is 15.1. The minimum Gasteiger partial charge on any atom is -0.343 e. The molecule has 0 saturated carbocycles. The van der Waals surface area contributed by atoms with Crippen molar-refractivity contribution in [1.82, 2.24) is 20.4 Å². The van der Waals surface area contributed by atoms with Gasteiger partial charge in [-0.15, -0.1) is 0 Å². The molecule has 8 nitrogen and oxygen atoms in total. The van der Waals surface area contributed by atoms with Crippen molar-refractivity contribution in [1.29, 1.82) is 0 Å². The highest BCUT2D eigenvalue weighted by Gasteiger charge is 2.36. The van der Waals surface area contributed by atoms with E-state index in [9.17, 15) is 14.4 Å². The molecule has 1 fully saturated rings. The van der Waals surface area contributed by atoms with Gasteiger partial charge in [0.25, 0.3) is 5.91 Å². The monoisotopic (exact) mass is 556 g/mol. The van der Waals surface area contributed by atoms with Crippen molar-refractivity contribution < 1.29 is 19.4 Å². The summed E-state index contributed by atoms with van der Waals surface area (Å²) in [6.45, 7) is 3.38. The second-order valence-corrected chi connectivity index (χ2v) is 10.7. The van der Waals surface area contributed by atoms with Crippen molar-refractivity contribution in [2.45, 2.75) is 57.2 Å². The van der Waals surface area contributed by atoms with Gasteiger partial charge >= 0.3 is 0 Å². The molecule has 1 aliphatic heterocycles. The predicted octanol–water partition coefficient (Wildman–Crippen LogP) is 2.90. The number of carbonyl (C=O) groups excluding carboxylic acids is 3. The first-order chi connectivity index (χ1) is 20.0. The molecule has 4 rings (SSSR count). The predicted molar refractivity (Wildman–Crippen MR) is 159 cm³/mol. The zero-order valence-electron chi connectivity index (χ0n) is 24.1. The number of likely N-dealkylation sites (tertiary alicyclic amines) is 1. The maximum absolute atomic E-state index is 14.0. The third kappa shape index (κ3) is 8.47. The Morgan fingerprint density at radius 3 is 2.29 bits per heavy atom. The summed E-state index contributed by atoms with van der Waals surface area (Å²) in [5.41, 5.74) is 2.87. The molecule has 216 valence electrons. The molecule has 3 N–H and O–H groups in total. The van der Waals surface area contributed by atoms with Crippen LogP contribution in [0.4, 0.5) is 0 Å². The number of carbonyl (C=O) groups is 3. The number of aryl methyl sites for hydroxylation is 1. The Morgan fingerprint density at radius 1 is 0.976 bits per heavy atom. The Balaban J connectivity index is 1.50. The van der Waals surface area contributed by atoms with Gasteiger partial charge in [-0.25, -0.2) is 4.98 Å². The van der Waals surface area contributed by atoms with E-state index in [2.05, 4.69) is 27.8 Å². The fourth-order valence-corrected chi connectivity index (χ4v) is 5.30. The summed E-state index contributed by atoms with van der Waals surface area (Å²) in [6, 6.07) is 22.6. The van der Waals surface area contributed by atoms with Crippen LogP contribution in [0.15, 0.2) is 85.2 Å². The molecule has 8 heteroatoms. The number of aromatic nitrogens is 1. The maximum atomic E-state index is 14.0. The van der Waals surface area contributed by atoms with Crippen LogP contribution >= 0.6 is 0 Å². The molecule has 1 saturated heterocycles. The number of pyridine rings is 1. The molecule has 1 aromatic heterocycles. The van der Waals surface area contributed by atoms with E-state index >= 15 is 0 Å². The maximum Gasteiger partial charge on any atom is 0.259 e. The zero-order valence-corrected chi connectivity index (χ0v) is 24.1. The van der Waals surface area contributed by atoms with Gasteiger partial charge in [0.1, 0.15) is 11.6 Å². The van der Waals surface area contributed by atoms with Gasteiger partial charge in [0.15, 0.2) is 12.4 Å². The number of rotatable bonds is 13. The average Bonchev–Trinajstić information content (AvgIpc) is 3.49. The molecule has 2 aromatic carbocycles.